The molecule has 19 heavy (non-hydrogen) atoms. The largest absolute Gasteiger partial charge is 0.480 e. The number of carboxylic acid groups (broad SMARTS) is 1. The standard InChI is InChI=1S/C13H24N2O4/c1-4-6-13(3,11(17)18)14-12(19)15-7-5-9(2)10(15)8-16/h9-10,16H,4-8H2,1-3H3,(H,14,19)(H,17,18). The Balaban J connectivity index is 2.75. The van der Waals surface area contributed by atoms with Crippen molar-refractivity contribution in [3.63, 3.8) is 0 Å². The Morgan fingerprint density at radius 2 is 2.11 bits per heavy atom. The maximum atomic E-state index is 12.2. The van der Waals surface area contributed by atoms with Crippen LogP contribution < -0.4 is 5.32 Å². The highest BCUT2D eigenvalue weighted by atomic mass is 16.4. The molecule has 0 aromatic rings. The fourth-order valence-electron chi connectivity index (χ4n) is 2.57. The number of nitrogens with one attached hydrogen (secondary N) is 1. The third-order valence-electron chi connectivity index (χ3n) is 3.94. The molecule has 0 aliphatic carbocycles. The van der Waals surface area contributed by atoms with Crippen molar-refractivity contribution in [2.45, 2.75) is 51.6 Å². The van der Waals surface area contributed by atoms with Gasteiger partial charge in [0.25, 0.3) is 0 Å². The lowest BCUT2D eigenvalue weighted by molar-refractivity contribution is -0.144. The zero-order chi connectivity index (χ0) is 14.6. The number of aliphatic hydroxyl groups is 1. The second-order valence-electron chi connectivity index (χ2n) is 5.53. The molecule has 110 valence electrons. The molecule has 2 amide bonds. The number of likely N-dealkylation sites (tertiary alicyclic amines) is 1. The molecule has 1 saturated heterocycles. The van der Waals surface area contributed by atoms with E-state index in [9.17, 15) is 19.8 Å². The van der Waals surface area contributed by atoms with Gasteiger partial charge in [0.2, 0.25) is 0 Å². The van der Waals surface area contributed by atoms with Crippen LogP contribution in [0.1, 0.15) is 40.0 Å². The lowest BCUT2D eigenvalue weighted by Crippen LogP contribution is -2.57. The number of aliphatic carboxylic acids is 1. The number of rotatable bonds is 5. The molecule has 1 aliphatic heterocycles. The summed E-state index contributed by atoms with van der Waals surface area (Å²) in [6.07, 6.45) is 1.88. The maximum Gasteiger partial charge on any atom is 0.329 e. The fourth-order valence-corrected chi connectivity index (χ4v) is 2.57. The third-order valence-corrected chi connectivity index (χ3v) is 3.94. The zero-order valence-electron chi connectivity index (χ0n) is 11.8. The van der Waals surface area contributed by atoms with Crippen molar-refractivity contribution in [1.29, 1.82) is 0 Å². The second-order valence-corrected chi connectivity index (χ2v) is 5.53. The molecule has 0 radical (unpaired) electrons. The molecule has 1 heterocycles. The molecule has 0 spiro atoms. The van der Waals surface area contributed by atoms with E-state index in [1.165, 1.54) is 6.92 Å². The van der Waals surface area contributed by atoms with Gasteiger partial charge in [0.1, 0.15) is 5.54 Å². The molecule has 6 heteroatoms. The summed E-state index contributed by atoms with van der Waals surface area (Å²) in [6.45, 7) is 5.84. The van der Waals surface area contributed by atoms with Gasteiger partial charge >= 0.3 is 12.0 Å². The number of carbonyl (C=O) groups is 2. The van der Waals surface area contributed by atoms with E-state index in [1.807, 2.05) is 13.8 Å². The van der Waals surface area contributed by atoms with Crippen LogP contribution in [0.15, 0.2) is 0 Å². The van der Waals surface area contributed by atoms with Crippen LogP contribution in [0.3, 0.4) is 0 Å². The molecule has 3 N–H and O–H groups in total. The van der Waals surface area contributed by atoms with Gasteiger partial charge < -0.3 is 20.4 Å². The van der Waals surface area contributed by atoms with Gasteiger partial charge in [0, 0.05) is 6.54 Å². The number of aliphatic hydroxyl groups excluding tert-OH is 1. The number of carbonyl (C=O) groups excluding carboxylic acids is 1. The SMILES string of the molecule is CCCC(C)(NC(=O)N1CCC(C)C1CO)C(=O)O. The summed E-state index contributed by atoms with van der Waals surface area (Å²) in [6, 6.07) is -0.624. The minimum Gasteiger partial charge on any atom is -0.480 e. The lowest BCUT2D eigenvalue weighted by Gasteiger charge is -2.31. The molecule has 1 aliphatic rings. The number of hydrogen-bond acceptors (Lipinski definition) is 3. The Bertz CT molecular complexity index is 348. The lowest BCUT2D eigenvalue weighted by atomic mass is 9.96. The molecule has 6 nitrogen and oxygen atoms in total. The predicted octanol–water partition coefficient (Wildman–Crippen LogP) is 1.04. The molecular weight excluding hydrogens is 248 g/mol. The van der Waals surface area contributed by atoms with Crippen LogP contribution in [0, 0.1) is 5.92 Å². The predicted molar refractivity (Wildman–Crippen MR) is 70.8 cm³/mol. The van der Waals surface area contributed by atoms with E-state index in [1.54, 1.807) is 4.90 Å². The first-order chi connectivity index (χ1) is 8.85. The van der Waals surface area contributed by atoms with Gasteiger partial charge in [-0.25, -0.2) is 9.59 Å². The summed E-state index contributed by atoms with van der Waals surface area (Å²) >= 11 is 0. The summed E-state index contributed by atoms with van der Waals surface area (Å²) in [7, 11) is 0. The van der Waals surface area contributed by atoms with Crippen LogP contribution in [-0.2, 0) is 4.79 Å². The number of nitrogens with zero attached hydrogens (tertiary/aromatic N) is 1. The van der Waals surface area contributed by atoms with Crippen molar-refractivity contribution in [2.24, 2.45) is 5.92 Å². The Hall–Kier alpha value is -1.30. The molecule has 0 saturated carbocycles. The van der Waals surface area contributed by atoms with Crippen LogP contribution in [0.25, 0.3) is 0 Å². The molecule has 0 aromatic carbocycles. The summed E-state index contributed by atoms with van der Waals surface area (Å²) in [5.74, 6) is -0.798. The normalized spacial score (nSPS) is 26.0. The van der Waals surface area contributed by atoms with Gasteiger partial charge in [-0.1, -0.05) is 20.3 Å². The Kier molecular flexibility index (Phi) is 5.17. The molecule has 0 bridgehead atoms. The average Bonchev–Trinajstić information content (AvgIpc) is 2.70. The Morgan fingerprint density at radius 3 is 2.58 bits per heavy atom. The number of hydrogen-bond donors (Lipinski definition) is 3. The highest BCUT2D eigenvalue weighted by Gasteiger charge is 2.39. The molecule has 3 atom stereocenters. The van der Waals surface area contributed by atoms with E-state index < -0.39 is 17.5 Å². The van der Waals surface area contributed by atoms with E-state index in [4.69, 9.17) is 0 Å². The van der Waals surface area contributed by atoms with E-state index in [-0.39, 0.29) is 18.6 Å². The third kappa shape index (κ3) is 3.37. The highest BCUT2D eigenvalue weighted by Crippen LogP contribution is 2.24. The molecule has 1 fully saturated rings. The first-order valence-corrected chi connectivity index (χ1v) is 6.78. The fraction of sp³-hybridized carbons (Fsp3) is 0.846. The van der Waals surface area contributed by atoms with Crippen LogP contribution in [0.5, 0.6) is 0 Å². The van der Waals surface area contributed by atoms with Crippen LogP contribution >= 0.6 is 0 Å². The van der Waals surface area contributed by atoms with E-state index >= 15 is 0 Å². The van der Waals surface area contributed by atoms with Gasteiger partial charge in [-0.3, -0.25) is 0 Å². The minimum absolute atomic E-state index is 0.0911. The monoisotopic (exact) mass is 272 g/mol. The Morgan fingerprint density at radius 1 is 1.47 bits per heavy atom. The highest BCUT2D eigenvalue weighted by molar-refractivity contribution is 5.86. The van der Waals surface area contributed by atoms with Crippen LogP contribution in [0.4, 0.5) is 4.79 Å². The second kappa shape index (κ2) is 6.23. The first kappa shape index (κ1) is 15.8. The van der Waals surface area contributed by atoms with Gasteiger partial charge in [-0.05, 0) is 25.7 Å². The molecule has 1 rings (SSSR count). The van der Waals surface area contributed by atoms with Gasteiger partial charge in [0.05, 0.1) is 12.6 Å². The maximum absolute atomic E-state index is 12.2. The molecule has 3 unspecified atom stereocenters. The topological polar surface area (TPSA) is 89.9 Å². The van der Waals surface area contributed by atoms with Crippen LogP contribution in [-0.4, -0.2) is 51.8 Å². The number of carboxylic acids is 1. The van der Waals surface area contributed by atoms with Crippen molar-refractivity contribution >= 4 is 12.0 Å². The quantitative estimate of drug-likeness (QED) is 0.697. The number of urea groups is 1. The van der Waals surface area contributed by atoms with Crippen molar-refractivity contribution in [3.8, 4) is 0 Å². The van der Waals surface area contributed by atoms with Gasteiger partial charge in [-0.15, -0.1) is 0 Å². The van der Waals surface area contributed by atoms with Crippen LogP contribution in [0.2, 0.25) is 0 Å². The first-order valence-electron chi connectivity index (χ1n) is 6.78. The van der Waals surface area contributed by atoms with Gasteiger partial charge in [-0.2, -0.15) is 0 Å². The minimum atomic E-state index is -1.25. The summed E-state index contributed by atoms with van der Waals surface area (Å²) in [5, 5.41) is 21.2. The molecular formula is C13H24N2O4. The molecule has 0 aromatic heterocycles. The summed E-state index contributed by atoms with van der Waals surface area (Å²) < 4.78 is 0. The summed E-state index contributed by atoms with van der Waals surface area (Å²) in [4.78, 5) is 25.0. The van der Waals surface area contributed by atoms with Crippen molar-refractivity contribution in [3.05, 3.63) is 0 Å². The van der Waals surface area contributed by atoms with Gasteiger partial charge in [0.15, 0.2) is 0 Å². The van der Waals surface area contributed by atoms with Crippen molar-refractivity contribution in [2.75, 3.05) is 13.2 Å². The van der Waals surface area contributed by atoms with E-state index in [0.717, 1.165) is 6.42 Å². The Labute approximate surface area is 113 Å². The zero-order valence-corrected chi connectivity index (χ0v) is 11.8. The summed E-state index contributed by atoms with van der Waals surface area (Å²) in [5.41, 5.74) is -1.25. The average molecular weight is 272 g/mol. The van der Waals surface area contributed by atoms with Crippen molar-refractivity contribution in [1.82, 2.24) is 10.2 Å². The van der Waals surface area contributed by atoms with E-state index in [0.29, 0.717) is 19.4 Å². The van der Waals surface area contributed by atoms with Crippen molar-refractivity contribution < 1.29 is 19.8 Å². The number of amides is 2. The smallest absolute Gasteiger partial charge is 0.329 e. The van der Waals surface area contributed by atoms with E-state index in [2.05, 4.69) is 5.32 Å².